The number of hydrogen-bond acceptors (Lipinski definition) is 6. The maximum Gasteiger partial charge on any atom is 0.271 e. The van der Waals surface area contributed by atoms with Gasteiger partial charge in [0.05, 0.1) is 28.7 Å². The SMILES string of the molecule is COc1ccc(CC(=O)Nc2nc3cc([N+](=O)[O-])ccc3s2)cc1C. The van der Waals surface area contributed by atoms with Crippen LogP contribution >= 0.6 is 11.3 Å². The molecule has 0 saturated heterocycles. The van der Waals surface area contributed by atoms with E-state index in [1.807, 2.05) is 25.1 Å². The minimum absolute atomic E-state index is 0.0237. The van der Waals surface area contributed by atoms with E-state index in [2.05, 4.69) is 10.3 Å². The third-order valence-corrected chi connectivity index (χ3v) is 4.60. The number of ether oxygens (including phenoxy) is 1. The predicted molar refractivity (Wildman–Crippen MR) is 96.3 cm³/mol. The molecule has 1 N–H and O–H groups in total. The van der Waals surface area contributed by atoms with Gasteiger partial charge in [0.15, 0.2) is 5.13 Å². The number of nitro groups is 1. The monoisotopic (exact) mass is 357 g/mol. The van der Waals surface area contributed by atoms with Crippen LogP contribution in [0.3, 0.4) is 0 Å². The van der Waals surface area contributed by atoms with E-state index in [1.165, 1.54) is 23.5 Å². The lowest BCUT2D eigenvalue weighted by atomic mass is 10.1. The van der Waals surface area contributed by atoms with Crippen LogP contribution in [0.25, 0.3) is 10.2 Å². The number of nitrogens with one attached hydrogen (secondary N) is 1. The summed E-state index contributed by atoms with van der Waals surface area (Å²) >= 11 is 1.28. The van der Waals surface area contributed by atoms with Crippen molar-refractivity contribution in [1.29, 1.82) is 0 Å². The van der Waals surface area contributed by atoms with Crippen molar-refractivity contribution in [3.05, 3.63) is 57.6 Å². The largest absolute Gasteiger partial charge is 0.496 e. The third-order valence-electron chi connectivity index (χ3n) is 3.65. The fraction of sp³-hybridized carbons (Fsp3) is 0.176. The second kappa shape index (κ2) is 6.86. The Labute approximate surface area is 147 Å². The number of aryl methyl sites for hydroxylation is 1. The number of nitrogens with zero attached hydrogens (tertiary/aromatic N) is 2. The molecule has 0 spiro atoms. The van der Waals surface area contributed by atoms with Gasteiger partial charge in [0, 0.05) is 12.1 Å². The molecule has 8 heteroatoms. The van der Waals surface area contributed by atoms with E-state index in [0.717, 1.165) is 21.6 Å². The number of thiazole rings is 1. The Balaban J connectivity index is 1.73. The van der Waals surface area contributed by atoms with Crippen molar-refractivity contribution < 1.29 is 14.5 Å². The van der Waals surface area contributed by atoms with Crippen molar-refractivity contribution in [3.63, 3.8) is 0 Å². The molecule has 0 atom stereocenters. The minimum atomic E-state index is -0.469. The highest BCUT2D eigenvalue weighted by Crippen LogP contribution is 2.29. The van der Waals surface area contributed by atoms with E-state index < -0.39 is 4.92 Å². The third kappa shape index (κ3) is 3.74. The van der Waals surface area contributed by atoms with Crippen molar-refractivity contribution in [2.75, 3.05) is 12.4 Å². The number of non-ortho nitro benzene ring substituents is 1. The van der Waals surface area contributed by atoms with E-state index in [4.69, 9.17) is 4.74 Å². The molecule has 0 fully saturated rings. The summed E-state index contributed by atoms with van der Waals surface area (Å²) in [4.78, 5) is 26.8. The Hall–Kier alpha value is -3.00. The highest BCUT2D eigenvalue weighted by atomic mass is 32.1. The Morgan fingerprint density at radius 3 is 2.80 bits per heavy atom. The molecule has 0 bridgehead atoms. The molecular weight excluding hydrogens is 342 g/mol. The first-order chi connectivity index (χ1) is 12.0. The predicted octanol–water partition coefficient (Wildman–Crippen LogP) is 3.70. The Morgan fingerprint density at radius 1 is 1.32 bits per heavy atom. The lowest BCUT2D eigenvalue weighted by molar-refractivity contribution is -0.384. The standard InChI is InChI=1S/C17H15N3O4S/c1-10-7-11(3-5-14(10)24-2)8-16(21)19-17-18-13-9-12(20(22)23)4-6-15(13)25-17/h3-7,9H,8H2,1-2H3,(H,18,19,21). The van der Waals surface area contributed by atoms with Gasteiger partial charge < -0.3 is 10.1 Å². The summed E-state index contributed by atoms with van der Waals surface area (Å²) in [5, 5.41) is 14.0. The number of fused-ring (bicyclic) bond motifs is 1. The Bertz CT molecular complexity index is 968. The summed E-state index contributed by atoms with van der Waals surface area (Å²) < 4.78 is 5.98. The molecule has 0 aliphatic heterocycles. The summed E-state index contributed by atoms with van der Waals surface area (Å²) in [5.41, 5.74) is 2.30. The van der Waals surface area contributed by atoms with Crippen molar-refractivity contribution in [3.8, 4) is 5.75 Å². The molecule has 128 valence electrons. The van der Waals surface area contributed by atoms with Crippen LogP contribution in [0.5, 0.6) is 5.75 Å². The smallest absolute Gasteiger partial charge is 0.271 e. The minimum Gasteiger partial charge on any atom is -0.496 e. The number of methoxy groups -OCH3 is 1. The fourth-order valence-corrected chi connectivity index (χ4v) is 3.34. The van der Waals surface area contributed by atoms with Gasteiger partial charge in [0.25, 0.3) is 5.69 Å². The van der Waals surface area contributed by atoms with Crippen LogP contribution in [-0.4, -0.2) is 22.9 Å². The van der Waals surface area contributed by atoms with Gasteiger partial charge >= 0.3 is 0 Å². The Kier molecular flexibility index (Phi) is 4.62. The molecule has 1 amide bonds. The van der Waals surface area contributed by atoms with E-state index in [-0.39, 0.29) is 18.0 Å². The number of anilines is 1. The molecule has 0 unspecified atom stereocenters. The second-order valence-corrected chi connectivity index (χ2v) is 6.49. The normalized spacial score (nSPS) is 10.6. The topological polar surface area (TPSA) is 94.4 Å². The van der Waals surface area contributed by atoms with Crippen LogP contribution in [0.1, 0.15) is 11.1 Å². The van der Waals surface area contributed by atoms with Crippen molar-refractivity contribution >= 4 is 38.3 Å². The zero-order valence-electron chi connectivity index (χ0n) is 13.6. The molecule has 0 radical (unpaired) electrons. The van der Waals surface area contributed by atoms with Gasteiger partial charge in [0.1, 0.15) is 5.75 Å². The van der Waals surface area contributed by atoms with Gasteiger partial charge in [-0.25, -0.2) is 4.98 Å². The van der Waals surface area contributed by atoms with Gasteiger partial charge in [-0.15, -0.1) is 0 Å². The van der Waals surface area contributed by atoms with Crippen LogP contribution in [0.4, 0.5) is 10.8 Å². The van der Waals surface area contributed by atoms with Crippen LogP contribution in [-0.2, 0) is 11.2 Å². The number of benzene rings is 2. The molecule has 1 heterocycles. The maximum atomic E-state index is 12.2. The lowest BCUT2D eigenvalue weighted by Gasteiger charge is -2.07. The molecule has 0 aliphatic carbocycles. The highest BCUT2D eigenvalue weighted by molar-refractivity contribution is 7.22. The van der Waals surface area contributed by atoms with Gasteiger partial charge in [-0.2, -0.15) is 0 Å². The molecule has 1 aromatic heterocycles. The fourth-order valence-electron chi connectivity index (χ4n) is 2.48. The summed E-state index contributed by atoms with van der Waals surface area (Å²) in [6.07, 6.45) is 0.209. The molecule has 25 heavy (non-hydrogen) atoms. The quantitative estimate of drug-likeness (QED) is 0.555. The summed E-state index contributed by atoms with van der Waals surface area (Å²) in [7, 11) is 1.60. The summed E-state index contributed by atoms with van der Waals surface area (Å²) in [6, 6.07) is 10.0. The molecule has 7 nitrogen and oxygen atoms in total. The first-order valence-electron chi connectivity index (χ1n) is 7.44. The van der Waals surface area contributed by atoms with E-state index in [9.17, 15) is 14.9 Å². The molecule has 3 aromatic rings. The van der Waals surface area contributed by atoms with Gasteiger partial charge in [-0.3, -0.25) is 14.9 Å². The number of amides is 1. The number of rotatable bonds is 5. The first-order valence-corrected chi connectivity index (χ1v) is 8.26. The van der Waals surface area contributed by atoms with Crippen LogP contribution in [0.2, 0.25) is 0 Å². The van der Waals surface area contributed by atoms with E-state index in [0.29, 0.717) is 10.6 Å². The molecular formula is C17H15N3O4S. The number of carbonyl (C=O) groups excluding carboxylic acids is 1. The van der Waals surface area contributed by atoms with Crippen LogP contribution < -0.4 is 10.1 Å². The van der Waals surface area contributed by atoms with Crippen LogP contribution in [0.15, 0.2) is 36.4 Å². The van der Waals surface area contributed by atoms with Gasteiger partial charge in [-0.05, 0) is 30.2 Å². The zero-order chi connectivity index (χ0) is 18.0. The lowest BCUT2D eigenvalue weighted by Crippen LogP contribution is -2.14. The molecule has 2 aromatic carbocycles. The summed E-state index contributed by atoms with van der Waals surface area (Å²) in [5.74, 6) is 0.579. The average Bonchev–Trinajstić information content (AvgIpc) is 2.95. The Morgan fingerprint density at radius 2 is 2.12 bits per heavy atom. The summed E-state index contributed by atoms with van der Waals surface area (Å²) in [6.45, 7) is 1.92. The molecule has 3 rings (SSSR count). The molecule has 0 saturated carbocycles. The van der Waals surface area contributed by atoms with Gasteiger partial charge in [-0.1, -0.05) is 23.5 Å². The first kappa shape index (κ1) is 16.8. The van der Waals surface area contributed by atoms with Crippen molar-refractivity contribution in [2.45, 2.75) is 13.3 Å². The zero-order valence-corrected chi connectivity index (χ0v) is 14.4. The molecule has 0 aliphatic rings. The average molecular weight is 357 g/mol. The number of aromatic nitrogens is 1. The highest BCUT2D eigenvalue weighted by Gasteiger charge is 2.12. The maximum absolute atomic E-state index is 12.2. The van der Waals surface area contributed by atoms with Crippen LogP contribution in [0, 0.1) is 17.0 Å². The number of nitro benzene ring substituents is 1. The second-order valence-electron chi connectivity index (χ2n) is 5.46. The van der Waals surface area contributed by atoms with E-state index >= 15 is 0 Å². The number of carbonyl (C=O) groups is 1. The number of hydrogen-bond donors (Lipinski definition) is 1. The van der Waals surface area contributed by atoms with E-state index in [1.54, 1.807) is 13.2 Å². The van der Waals surface area contributed by atoms with Crippen molar-refractivity contribution in [1.82, 2.24) is 4.98 Å². The van der Waals surface area contributed by atoms with Crippen molar-refractivity contribution in [2.24, 2.45) is 0 Å². The van der Waals surface area contributed by atoms with Gasteiger partial charge in [0.2, 0.25) is 5.91 Å².